The Labute approximate surface area is 101 Å². The molecule has 0 amide bonds. The number of nitrogens with one attached hydrogen (secondary N) is 1. The van der Waals surface area contributed by atoms with E-state index >= 15 is 0 Å². The van der Waals surface area contributed by atoms with E-state index in [2.05, 4.69) is 11.4 Å². The normalized spacial score (nSPS) is 15.6. The van der Waals surface area contributed by atoms with Crippen LogP contribution < -0.4 is 5.32 Å². The molecule has 0 fully saturated rings. The number of nitrogens with zero attached hydrogens (tertiary/aromatic N) is 2. The monoisotopic (exact) mass is 251 g/mol. The smallest absolute Gasteiger partial charge is 0.303 e. The second-order valence-electron chi connectivity index (χ2n) is 4.47. The molecule has 3 nitrogen and oxygen atoms in total. The van der Waals surface area contributed by atoms with Gasteiger partial charge < -0.3 is 4.90 Å². The largest absolute Gasteiger partial charge is 0.390 e. The molecule has 0 radical (unpaired) electrons. The fraction of sp³-hybridized carbons (Fsp3) is 0.909. The Bertz CT molecular complexity index is 260. The third-order valence-electron chi connectivity index (χ3n) is 2.38. The van der Waals surface area contributed by atoms with Gasteiger partial charge in [-0.15, -0.1) is 0 Å². The topological polar surface area (TPSA) is 39.1 Å². The molecule has 0 saturated carbocycles. The molecule has 0 aromatic carbocycles. The first-order chi connectivity index (χ1) is 7.72. The van der Waals surface area contributed by atoms with Crippen LogP contribution >= 0.6 is 0 Å². The Morgan fingerprint density at radius 1 is 1.35 bits per heavy atom. The second kappa shape index (κ2) is 6.82. The maximum atomic E-state index is 12.0. The van der Waals surface area contributed by atoms with Gasteiger partial charge in [0.2, 0.25) is 0 Å². The van der Waals surface area contributed by atoms with E-state index in [4.69, 9.17) is 5.26 Å². The average Bonchev–Trinajstić information content (AvgIpc) is 2.23. The van der Waals surface area contributed by atoms with Gasteiger partial charge in [0.15, 0.2) is 0 Å². The number of alkyl halides is 3. The van der Waals surface area contributed by atoms with Crippen LogP contribution in [0.15, 0.2) is 0 Å². The minimum Gasteiger partial charge on any atom is -0.303 e. The van der Waals surface area contributed by atoms with Crippen LogP contribution in [0.2, 0.25) is 0 Å². The lowest BCUT2D eigenvalue weighted by Crippen LogP contribution is -2.50. The van der Waals surface area contributed by atoms with Crippen molar-refractivity contribution in [1.29, 1.82) is 5.26 Å². The Morgan fingerprint density at radius 3 is 2.35 bits per heavy atom. The molecule has 100 valence electrons. The van der Waals surface area contributed by atoms with Crippen molar-refractivity contribution in [3.8, 4) is 6.07 Å². The highest BCUT2D eigenvalue weighted by Crippen LogP contribution is 2.19. The van der Waals surface area contributed by atoms with Crippen molar-refractivity contribution >= 4 is 0 Å². The zero-order chi connectivity index (χ0) is 13.5. The molecule has 17 heavy (non-hydrogen) atoms. The summed E-state index contributed by atoms with van der Waals surface area (Å²) < 4.78 is 36.1. The SMILES string of the molecule is CCCNC(C)(C#N)CN(C)CCC(F)(F)F. The van der Waals surface area contributed by atoms with Crippen LogP contribution in [0.25, 0.3) is 0 Å². The number of hydrogen-bond acceptors (Lipinski definition) is 3. The van der Waals surface area contributed by atoms with Gasteiger partial charge in [0.25, 0.3) is 0 Å². The summed E-state index contributed by atoms with van der Waals surface area (Å²) in [4.78, 5) is 1.53. The molecule has 6 heteroatoms. The van der Waals surface area contributed by atoms with Gasteiger partial charge in [-0.2, -0.15) is 18.4 Å². The molecular formula is C11H20F3N3. The van der Waals surface area contributed by atoms with E-state index in [0.717, 1.165) is 6.42 Å². The summed E-state index contributed by atoms with van der Waals surface area (Å²) in [6.07, 6.45) is -4.11. The molecule has 0 aliphatic carbocycles. The summed E-state index contributed by atoms with van der Waals surface area (Å²) in [5, 5.41) is 12.1. The van der Waals surface area contributed by atoms with Crippen LogP contribution in [-0.4, -0.2) is 43.3 Å². The highest BCUT2D eigenvalue weighted by atomic mass is 19.4. The number of nitriles is 1. The van der Waals surface area contributed by atoms with Gasteiger partial charge in [0.1, 0.15) is 5.54 Å². The standard InChI is InChI=1S/C11H20F3N3/c1-4-6-16-10(2,8-15)9-17(3)7-5-11(12,13)14/h16H,4-7,9H2,1-3H3. The molecule has 0 aliphatic rings. The zero-order valence-corrected chi connectivity index (χ0v) is 10.6. The molecule has 0 rings (SSSR count). The van der Waals surface area contributed by atoms with Crippen molar-refractivity contribution in [1.82, 2.24) is 10.2 Å². The Morgan fingerprint density at radius 2 is 1.94 bits per heavy atom. The highest BCUT2D eigenvalue weighted by molar-refractivity contribution is 5.05. The fourth-order valence-corrected chi connectivity index (χ4v) is 1.47. The predicted octanol–water partition coefficient (Wildman–Crippen LogP) is 2.15. The van der Waals surface area contributed by atoms with Gasteiger partial charge in [-0.25, -0.2) is 0 Å². The molecule has 0 saturated heterocycles. The first-order valence-corrected chi connectivity index (χ1v) is 5.64. The molecule has 0 aromatic rings. The summed E-state index contributed by atoms with van der Waals surface area (Å²) in [7, 11) is 1.59. The van der Waals surface area contributed by atoms with Crippen molar-refractivity contribution in [2.75, 3.05) is 26.7 Å². The predicted molar refractivity (Wildman–Crippen MR) is 60.5 cm³/mol. The lowest BCUT2D eigenvalue weighted by molar-refractivity contribution is -0.137. The van der Waals surface area contributed by atoms with Crippen LogP contribution in [-0.2, 0) is 0 Å². The van der Waals surface area contributed by atoms with Crippen LogP contribution in [0.5, 0.6) is 0 Å². The Kier molecular flexibility index (Phi) is 6.50. The number of hydrogen-bond donors (Lipinski definition) is 1. The van der Waals surface area contributed by atoms with E-state index in [-0.39, 0.29) is 13.1 Å². The van der Waals surface area contributed by atoms with Crippen molar-refractivity contribution < 1.29 is 13.2 Å². The molecule has 0 aromatic heterocycles. The number of halogens is 3. The lowest BCUT2D eigenvalue weighted by Gasteiger charge is -2.29. The molecule has 1 unspecified atom stereocenters. The molecule has 1 atom stereocenters. The van der Waals surface area contributed by atoms with Gasteiger partial charge in [0, 0.05) is 13.1 Å². The molecule has 0 bridgehead atoms. The van der Waals surface area contributed by atoms with Gasteiger partial charge in [-0.3, -0.25) is 5.32 Å². The second-order valence-corrected chi connectivity index (χ2v) is 4.47. The van der Waals surface area contributed by atoms with Crippen molar-refractivity contribution in [3.05, 3.63) is 0 Å². The maximum absolute atomic E-state index is 12.0. The van der Waals surface area contributed by atoms with Crippen molar-refractivity contribution in [2.24, 2.45) is 0 Å². The summed E-state index contributed by atoms with van der Waals surface area (Å²) in [5.74, 6) is 0. The third-order valence-corrected chi connectivity index (χ3v) is 2.38. The minimum absolute atomic E-state index is 0.0887. The van der Waals surface area contributed by atoms with Gasteiger partial charge >= 0.3 is 6.18 Å². The highest BCUT2D eigenvalue weighted by Gasteiger charge is 2.29. The van der Waals surface area contributed by atoms with E-state index in [1.807, 2.05) is 6.92 Å². The van der Waals surface area contributed by atoms with E-state index in [9.17, 15) is 13.2 Å². The van der Waals surface area contributed by atoms with Crippen molar-refractivity contribution in [3.63, 3.8) is 0 Å². The fourth-order valence-electron chi connectivity index (χ4n) is 1.47. The molecule has 0 heterocycles. The third kappa shape index (κ3) is 8.00. The molecule has 1 N–H and O–H groups in total. The van der Waals surface area contributed by atoms with E-state index in [1.54, 1.807) is 14.0 Å². The van der Waals surface area contributed by atoms with E-state index < -0.39 is 18.1 Å². The van der Waals surface area contributed by atoms with E-state index in [1.165, 1.54) is 4.90 Å². The van der Waals surface area contributed by atoms with Gasteiger partial charge in [-0.1, -0.05) is 6.92 Å². The number of likely N-dealkylation sites (N-methyl/N-ethyl adjacent to an activating group) is 1. The van der Waals surface area contributed by atoms with E-state index in [0.29, 0.717) is 6.54 Å². The van der Waals surface area contributed by atoms with Crippen LogP contribution in [0.4, 0.5) is 13.2 Å². The molecule has 0 spiro atoms. The summed E-state index contributed by atoms with van der Waals surface area (Å²) >= 11 is 0. The minimum atomic E-state index is -4.14. The van der Waals surface area contributed by atoms with Gasteiger partial charge in [0.05, 0.1) is 12.5 Å². The number of rotatable bonds is 7. The van der Waals surface area contributed by atoms with Gasteiger partial charge in [-0.05, 0) is 26.9 Å². The van der Waals surface area contributed by atoms with Crippen LogP contribution in [0, 0.1) is 11.3 Å². The first kappa shape index (κ1) is 16.2. The first-order valence-electron chi connectivity index (χ1n) is 5.64. The summed E-state index contributed by atoms with van der Waals surface area (Å²) in [6.45, 7) is 4.54. The zero-order valence-electron chi connectivity index (χ0n) is 10.6. The van der Waals surface area contributed by atoms with Crippen LogP contribution in [0.3, 0.4) is 0 Å². The average molecular weight is 251 g/mol. The maximum Gasteiger partial charge on any atom is 0.390 e. The summed E-state index contributed by atoms with van der Waals surface area (Å²) in [5.41, 5.74) is -0.795. The van der Waals surface area contributed by atoms with Crippen LogP contribution in [0.1, 0.15) is 26.7 Å². The summed E-state index contributed by atoms with van der Waals surface area (Å²) in [6, 6.07) is 2.11. The quantitative estimate of drug-likeness (QED) is 0.753. The lowest BCUT2D eigenvalue weighted by atomic mass is 10.0. The molecule has 0 aliphatic heterocycles. The Hall–Kier alpha value is -0.800. The molecular weight excluding hydrogens is 231 g/mol. The van der Waals surface area contributed by atoms with Crippen molar-refractivity contribution in [2.45, 2.75) is 38.4 Å². The Balaban J connectivity index is 4.15.